The predicted molar refractivity (Wildman–Crippen MR) is 70.1 cm³/mol. The van der Waals surface area contributed by atoms with Gasteiger partial charge in [-0.3, -0.25) is 4.79 Å². The van der Waals surface area contributed by atoms with Crippen molar-refractivity contribution in [2.75, 3.05) is 12.4 Å². The van der Waals surface area contributed by atoms with E-state index in [1.807, 2.05) is 13.1 Å². The molecule has 0 aliphatic carbocycles. The van der Waals surface area contributed by atoms with Gasteiger partial charge in [-0.15, -0.1) is 0 Å². The summed E-state index contributed by atoms with van der Waals surface area (Å²) in [4.78, 5) is 11.3. The van der Waals surface area contributed by atoms with Gasteiger partial charge in [0.1, 0.15) is 0 Å². The Hall–Kier alpha value is -1.35. The molecule has 3 heteroatoms. The quantitative estimate of drug-likeness (QED) is 0.819. The fourth-order valence-electron chi connectivity index (χ4n) is 2.35. The molecule has 1 aliphatic heterocycles. The van der Waals surface area contributed by atoms with E-state index in [0.29, 0.717) is 12.5 Å². The van der Waals surface area contributed by atoms with E-state index < -0.39 is 0 Å². The summed E-state index contributed by atoms with van der Waals surface area (Å²) in [5.74, 6) is 0.103. The Bertz CT molecular complexity index is 415. The standard InChI is InChI=1S/C14H20N2O/c1-3-4-5-12(15-2)10-6-7-13-11(8-10)9-14(17)16-13/h6-8,12,15H,3-5,9H2,1-2H3,(H,16,17). The molecule has 2 rings (SSSR count). The first-order valence-electron chi connectivity index (χ1n) is 6.34. The number of hydrogen-bond donors (Lipinski definition) is 2. The van der Waals surface area contributed by atoms with Crippen molar-refractivity contribution in [3.05, 3.63) is 29.3 Å². The van der Waals surface area contributed by atoms with Crippen LogP contribution in [0.15, 0.2) is 18.2 Å². The molecule has 1 heterocycles. The number of hydrogen-bond acceptors (Lipinski definition) is 2. The minimum Gasteiger partial charge on any atom is -0.326 e. The third-order valence-electron chi connectivity index (χ3n) is 3.35. The van der Waals surface area contributed by atoms with Crippen molar-refractivity contribution in [1.82, 2.24) is 5.32 Å². The average molecular weight is 232 g/mol. The van der Waals surface area contributed by atoms with Gasteiger partial charge >= 0.3 is 0 Å². The van der Waals surface area contributed by atoms with Crippen LogP contribution in [-0.2, 0) is 11.2 Å². The molecule has 17 heavy (non-hydrogen) atoms. The van der Waals surface area contributed by atoms with E-state index >= 15 is 0 Å². The van der Waals surface area contributed by atoms with Gasteiger partial charge in [0.2, 0.25) is 5.91 Å². The van der Waals surface area contributed by atoms with E-state index in [1.54, 1.807) is 0 Å². The van der Waals surface area contributed by atoms with E-state index in [9.17, 15) is 4.79 Å². The number of carbonyl (C=O) groups is 1. The highest BCUT2D eigenvalue weighted by molar-refractivity contribution is 5.99. The molecule has 1 aromatic carbocycles. The van der Waals surface area contributed by atoms with Crippen LogP contribution in [0, 0.1) is 0 Å². The first-order chi connectivity index (χ1) is 8.24. The Morgan fingerprint density at radius 3 is 3.00 bits per heavy atom. The van der Waals surface area contributed by atoms with E-state index in [-0.39, 0.29) is 5.91 Å². The van der Waals surface area contributed by atoms with E-state index in [4.69, 9.17) is 0 Å². The van der Waals surface area contributed by atoms with Crippen LogP contribution in [0.4, 0.5) is 5.69 Å². The molecule has 0 saturated carbocycles. The summed E-state index contributed by atoms with van der Waals surface area (Å²) in [6, 6.07) is 6.69. The van der Waals surface area contributed by atoms with Gasteiger partial charge < -0.3 is 10.6 Å². The summed E-state index contributed by atoms with van der Waals surface area (Å²) in [6.45, 7) is 2.21. The second-order valence-electron chi connectivity index (χ2n) is 4.63. The maximum absolute atomic E-state index is 11.3. The minimum atomic E-state index is 0.103. The Labute approximate surface area is 103 Å². The van der Waals surface area contributed by atoms with Crippen LogP contribution in [0.5, 0.6) is 0 Å². The van der Waals surface area contributed by atoms with Crippen molar-refractivity contribution < 1.29 is 4.79 Å². The van der Waals surface area contributed by atoms with Crippen LogP contribution < -0.4 is 10.6 Å². The highest BCUT2D eigenvalue weighted by atomic mass is 16.1. The number of unbranched alkanes of at least 4 members (excludes halogenated alkanes) is 1. The van der Waals surface area contributed by atoms with Gasteiger partial charge in [0.05, 0.1) is 6.42 Å². The molecule has 0 fully saturated rings. The van der Waals surface area contributed by atoms with Gasteiger partial charge in [-0.2, -0.15) is 0 Å². The first-order valence-corrected chi connectivity index (χ1v) is 6.34. The average Bonchev–Trinajstić information content (AvgIpc) is 2.69. The molecule has 2 N–H and O–H groups in total. The summed E-state index contributed by atoms with van der Waals surface area (Å²) >= 11 is 0. The fourth-order valence-corrected chi connectivity index (χ4v) is 2.35. The molecule has 1 unspecified atom stereocenters. The van der Waals surface area contributed by atoms with Crippen LogP contribution >= 0.6 is 0 Å². The number of carbonyl (C=O) groups excluding carboxylic acids is 1. The molecule has 3 nitrogen and oxygen atoms in total. The zero-order valence-corrected chi connectivity index (χ0v) is 10.5. The van der Waals surface area contributed by atoms with Gasteiger partial charge in [-0.05, 0) is 30.7 Å². The summed E-state index contributed by atoms with van der Waals surface area (Å²) in [5.41, 5.74) is 3.39. The lowest BCUT2D eigenvalue weighted by atomic mass is 9.98. The van der Waals surface area contributed by atoms with Crippen LogP contribution in [0.3, 0.4) is 0 Å². The summed E-state index contributed by atoms with van der Waals surface area (Å²) in [5, 5.41) is 6.22. The SMILES string of the molecule is CCCCC(NC)c1ccc2c(c1)CC(=O)N2. The van der Waals surface area contributed by atoms with E-state index in [0.717, 1.165) is 17.7 Å². The van der Waals surface area contributed by atoms with Crippen LogP contribution in [0.1, 0.15) is 43.4 Å². The van der Waals surface area contributed by atoms with E-state index in [1.165, 1.54) is 18.4 Å². The lowest BCUT2D eigenvalue weighted by molar-refractivity contribution is -0.115. The maximum atomic E-state index is 11.3. The van der Waals surface area contributed by atoms with Gasteiger partial charge in [0.15, 0.2) is 0 Å². The molecule has 0 aromatic heterocycles. The van der Waals surface area contributed by atoms with Crippen LogP contribution in [0.2, 0.25) is 0 Å². The largest absolute Gasteiger partial charge is 0.326 e. The molecule has 0 bridgehead atoms. The number of benzene rings is 1. The highest BCUT2D eigenvalue weighted by Crippen LogP contribution is 2.28. The summed E-state index contributed by atoms with van der Waals surface area (Å²) in [7, 11) is 2.00. The van der Waals surface area contributed by atoms with Gasteiger partial charge in [0, 0.05) is 11.7 Å². The van der Waals surface area contributed by atoms with Crippen molar-refractivity contribution in [2.24, 2.45) is 0 Å². The molecule has 92 valence electrons. The third kappa shape index (κ3) is 2.67. The zero-order chi connectivity index (χ0) is 12.3. The molecule has 1 atom stereocenters. The van der Waals surface area contributed by atoms with Crippen molar-refractivity contribution in [1.29, 1.82) is 0 Å². The second kappa shape index (κ2) is 5.32. The number of rotatable bonds is 5. The van der Waals surface area contributed by atoms with Gasteiger partial charge in [-0.25, -0.2) is 0 Å². The fraction of sp³-hybridized carbons (Fsp3) is 0.500. The lowest BCUT2D eigenvalue weighted by Gasteiger charge is -2.17. The molecular formula is C14H20N2O. The van der Waals surface area contributed by atoms with Crippen molar-refractivity contribution in [3.8, 4) is 0 Å². The van der Waals surface area contributed by atoms with E-state index in [2.05, 4.69) is 29.7 Å². The lowest BCUT2D eigenvalue weighted by Crippen LogP contribution is -2.16. The predicted octanol–water partition coefficient (Wildman–Crippen LogP) is 2.63. The summed E-state index contributed by atoms with van der Waals surface area (Å²) < 4.78 is 0. The molecule has 0 saturated heterocycles. The minimum absolute atomic E-state index is 0.103. The molecule has 1 aromatic rings. The number of anilines is 1. The Morgan fingerprint density at radius 2 is 2.29 bits per heavy atom. The van der Waals surface area contributed by atoms with Crippen molar-refractivity contribution in [2.45, 2.75) is 38.6 Å². The molecule has 1 amide bonds. The monoisotopic (exact) mass is 232 g/mol. The first kappa shape index (κ1) is 12.1. The molecule has 0 radical (unpaired) electrons. The highest BCUT2D eigenvalue weighted by Gasteiger charge is 2.19. The number of amides is 1. The molecule has 0 spiro atoms. The van der Waals surface area contributed by atoms with Crippen LogP contribution in [0.25, 0.3) is 0 Å². The zero-order valence-electron chi connectivity index (χ0n) is 10.5. The maximum Gasteiger partial charge on any atom is 0.228 e. The smallest absolute Gasteiger partial charge is 0.228 e. The Kier molecular flexibility index (Phi) is 3.79. The summed E-state index contributed by atoms with van der Waals surface area (Å²) in [6.07, 6.45) is 4.10. The number of nitrogens with one attached hydrogen (secondary N) is 2. The van der Waals surface area contributed by atoms with Crippen molar-refractivity contribution in [3.63, 3.8) is 0 Å². The van der Waals surface area contributed by atoms with Crippen LogP contribution in [-0.4, -0.2) is 13.0 Å². The third-order valence-corrected chi connectivity index (χ3v) is 3.35. The molecular weight excluding hydrogens is 212 g/mol. The second-order valence-corrected chi connectivity index (χ2v) is 4.63. The van der Waals surface area contributed by atoms with Crippen molar-refractivity contribution >= 4 is 11.6 Å². The Balaban J connectivity index is 2.16. The van der Waals surface area contributed by atoms with Gasteiger partial charge in [-0.1, -0.05) is 31.9 Å². The molecule has 1 aliphatic rings. The topological polar surface area (TPSA) is 41.1 Å². The van der Waals surface area contributed by atoms with Gasteiger partial charge in [0.25, 0.3) is 0 Å². The number of fused-ring (bicyclic) bond motifs is 1. The Morgan fingerprint density at radius 1 is 1.47 bits per heavy atom. The normalized spacial score (nSPS) is 15.5.